The van der Waals surface area contributed by atoms with Crippen LogP contribution in [0.3, 0.4) is 0 Å². The normalized spacial score (nSPS) is 16.5. The van der Waals surface area contributed by atoms with Crippen molar-refractivity contribution >= 4 is 5.78 Å². The highest BCUT2D eigenvalue weighted by Crippen LogP contribution is 2.09. The Labute approximate surface area is 69.2 Å². The molecule has 0 aliphatic carbocycles. The summed E-state index contributed by atoms with van der Waals surface area (Å²) in [5.41, 5.74) is 5.59. The first-order valence-electron chi connectivity index (χ1n) is 4.23. The highest BCUT2D eigenvalue weighted by atomic mass is 16.1. The van der Waals surface area contributed by atoms with E-state index in [1.807, 2.05) is 27.7 Å². The molecule has 0 radical (unpaired) electrons. The van der Waals surface area contributed by atoms with Gasteiger partial charge in [0.15, 0.2) is 0 Å². The first-order valence-corrected chi connectivity index (χ1v) is 4.23. The van der Waals surface area contributed by atoms with Crippen LogP contribution in [-0.2, 0) is 4.79 Å². The minimum absolute atomic E-state index is 0.0115. The maximum Gasteiger partial charge on any atom is 0.137 e. The van der Waals surface area contributed by atoms with Gasteiger partial charge in [-0.25, -0.2) is 0 Å². The molecule has 11 heavy (non-hydrogen) atoms. The number of hydrogen-bond donors (Lipinski definition) is 1. The molecule has 66 valence electrons. The van der Waals surface area contributed by atoms with Crippen molar-refractivity contribution < 1.29 is 4.79 Å². The Morgan fingerprint density at radius 3 is 2.00 bits per heavy atom. The molecule has 0 heterocycles. The fourth-order valence-corrected chi connectivity index (χ4v) is 0.881. The van der Waals surface area contributed by atoms with E-state index in [-0.39, 0.29) is 17.7 Å². The maximum atomic E-state index is 11.3. The van der Waals surface area contributed by atoms with Crippen molar-refractivity contribution in [3.63, 3.8) is 0 Å². The minimum atomic E-state index is -0.0127. The standard InChI is InChI=1S/C9H19NO/c1-6(2)5-9(11)7(3)8(4)10/h6-8H,5,10H2,1-4H3. The van der Waals surface area contributed by atoms with Crippen LogP contribution >= 0.6 is 0 Å². The average Bonchev–Trinajstić information content (AvgIpc) is 1.84. The zero-order valence-electron chi connectivity index (χ0n) is 7.92. The van der Waals surface area contributed by atoms with Crippen LogP contribution in [0, 0.1) is 11.8 Å². The molecule has 0 bridgehead atoms. The van der Waals surface area contributed by atoms with Crippen LogP contribution in [0.25, 0.3) is 0 Å². The fourth-order valence-electron chi connectivity index (χ4n) is 0.881. The van der Waals surface area contributed by atoms with Crippen molar-refractivity contribution in [1.29, 1.82) is 0 Å². The quantitative estimate of drug-likeness (QED) is 0.673. The van der Waals surface area contributed by atoms with Crippen LogP contribution in [0.4, 0.5) is 0 Å². The Morgan fingerprint density at radius 1 is 1.27 bits per heavy atom. The molecule has 0 fully saturated rings. The molecular weight excluding hydrogens is 138 g/mol. The van der Waals surface area contributed by atoms with Gasteiger partial charge < -0.3 is 5.73 Å². The number of carbonyl (C=O) groups excluding carboxylic acids is 1. The van der Waals surface area contributed by atoms with E-state index in [9.17, 15) is 4.79 Å². The molecule has 2 N–H and O–H groups in total. The molecule has 0 aliphatic rings. The van der Waals surface area contributed by atoms with Gasteiger partial charge in [0.2, 0.25) is 0 Å². The molecule has 0 aromatic carbocycles. The number of rotatable bonds is 4. The lowest BCUT2D eigenvalue weighted by Crippen LogP contribution is -2.31. The van der Waals surface area contributed by atoms with Gasteiger partial charge in [-0.3, -0.25) is 4.79 Å². The largest absolute Gasteiger partial charge is 0.327 e. The minimum Gasteiger partial charge on any atom is -0.327 e. The van der Waals surface area contributed by atoms with Crippen molar-refractivity contribution in [1.82, 2.24) is 0 Å². The predicted molar refractivity (Wildman–Crippen MR) is 47.3 cm³/mol. The summed E-state index contributed by atoms with van der Waals surface area (Å²) in [6.07, 6.45) is 0.655. The predicted octanol–water partition coefficient (Wildman–Crippen LogP) is 1.58. The number of ketones is 1. The molecule has 0 aliphatic heterocycles. The summed E-state index contributed by atoms with van der Waals surface area (Å²) in [6, 6.07) is -0.0127. The second kappa shape index (κ2) is 4.50. The second-order valence-corrected chi connectivity index (χ2v) is 3.71. The molecular formula is C9H19NO. The van der Waals surface area contributed by atoms with Crippen molar-refractivity contribution in [2.75, 3.05) is 0 Å². The van der Waals surface area contributed by atoms with Crippen LogP contribution in [0.5, 0.6) is 0 Å². The Morgan fingerprint density at radius 2 is 1.73 bits per heavy atom. The molecule has 2 atom stereocenters. The van der Waals surface area contributed by atoms with Crippen LogP contribution in [-0.4, -0.2) is 11.8 Å². The zero-order valence-corrected chi connectivity index (χ0v) is 7.92. The van der Waals surface area contributed by atoms with Crippen molar-refractivity contribution in [3.8, 4) is 0 Å². The van der Waals surface area contributed by atoms with E-state index >= 15 is 0 Å². The number of nitrogens with two attached hydrogens (primary N) is 1. The van der Waals surface area contributed by atoms with Gasteiger partial charge in [0, 0.05) is 18.4 Å². The number of Topliss-reactive ketones (excluding diaryl/α,β-unsaturated/α-hetero) is 1. The first kappa shape index (κ1) is 10.6. The summed E-state index contributed by atoms with van der Waals surface area (Å²) in [7, 11) is 0. The van der Waals surface area contributed by atoms with E-state index in [2.05, 4.69) is 0 Å². The fraction of sp³-hybridized carbons (Fsp3) is 0.889. The maximum absolute atomic E-state index is 11.3. The molecule has 2 unspecified atom stereocenters. The Kier molecular flexibility index (Phi) is 4.34. The van der Waals surface area contributed by atoms with Gasteiger partial charge in [0.25, 0.3) is 0 Å². The van der Waals surface area contributed by atoms with Crippen LogP contribution in [0.1, 0.15) is 34.1 Å². The highest BCUT2D eigenvalue weighted by molar-refractivity contribution is 5.81. The molecule has 0 saturated carbocycles. The Balaban J connectivity index is 3.83. The molecule has 0 amide bonds. The van der Waals surface area contributed by atoms with E-state index in [4.69, 9.17) is 5.73 Å². The monoisotopic (exact) mass is 157 g/mol. The average molecular weight is 157 g/mol. The van der Waals surface area contributed by atoms with Crippen molar-refractivity contribution in [2.45, 2.75) is 40.2 Å². The lowest BCUT2D eigenvalue weighted by atomic mass is 9.93. The van der Waals surface area contributed by atoms with E-state index in [1.165, 1.54) is 0 Å². The summed E-state index contributed by atoms with van der Waals surface area (Å²) in [5.74, 6) is 0.746. The third-order valence-corrected chi connectivity index (χ3v) is 1.91. The molecule has 0 aromatic rings. The van der Waals surface area contributed by atoms with Gasteiger partial charge in [0.05, 0.1) is 0 Å². The van der Waals surface area contributed by atoms with Gasteiger partial charge in [-0.1, -0.05) is 20.8 Å². The molecule has 0 rings (SSSR count). The molecule has 0 aromatic heterocycles. The number of hydrogen-bond acceptors (Lipinski definition) is 2. The summed E-state index contributed by atoms with van der Waals surface area (Å²) in [4.78, 5) is 11.3. The summed E-state index contributed by atoms with van der Waals surface area (Å²) in [5, 5.41) is 0. The Hall–Kier alpha value is -0.370. The molecule has 0 saturated heterocycles. The van der Waals surface area contributed by atoms with Crippen molar-refractivity contribution in [3.05, 3.63) is 0 Å². The Bertz CT molecular complexity index is 130. The molecule has 2 heteroatoms. The van der Waals surface area contributed by atoms with Gasteiger partial charge in [0.1, 0.15) is 5.78 Å². The van der Waals surface area contributed by atoms with E-state index in [1.54, 1.807) is 0 Å². The highest BCUT2D eigenvalue weighted by Gasteiger charge is 2.17. The van der Waals surface area contributed by atoms with Gasteiger partial charge >= 0.3 is 0 Å². The second-order valence-electron chi connectivity index (χ2n) is 3.71. The first-order chi connectivity index (χ1) is 4.95. The summed E-state index contributed by atoms with van der Waals surface area (Å²) in [6.45, 7) is 7.87. The van der Waals surface area contributed by atoms with Crippen LogP contribution in [0.15, 0.2) is 0 Å². The third-order valence-electron chi connectivity index (χ3n) is 1.91. The SMILES string of the molecule is CC(C)CC(=O)C(C)C(C)N. The lowest BCUT2D eigenvalue weighted by molar-refractivity contribution is -0.123. The van der Waals surface area contributed by atoms with Gasteiger partial charge in [-0.15, -0.1) is 0 Å². The van der Waals surface area contributed by atoms with Crippen molar-refractivity contribution in [2.24, 2.45) is 17.6 Å². The van der Waals surface area contributed by atoms with E-state index in [0.717, 1.165) is 0 Å². The van der Waals surface area contributed by atoms with E-state index in [0.29, 0.717) is 12.3 Å². The summed E-state index contributed by atoms with van der Waals surface area (Å²) < 4.78 is 0. The zero-order chi connectivity index (χ0) is 9.02. The summed E-state index contributed by atoms with van der Waals surface area (Å²) >= 11 is 0. The van der Waals surface area contributed by atoms with Gasteiger partial charge in [-0.2, -0.15) is 0 Å². The molecule has 2 nitrogen and oxygen atoms in total. The number of carbonyl (C=O) groups is 1. The van der Waals surface area contributed by atoms with E-state index < -0.39 is 0 Å². The van der Waals surface area contributed by atoms with Crippen LogP contribution in [0.2, 0.25) is 0 Å². The molecule has 0 spiro atoms. The third kappa shape index (κ3) is 4.14. The van der Waals surface area contributed by atoms with Crippen LogP contribution < -0.4 is 5.73 Å². The smallest absolute Gasteiger partial charge is 0.137 e. The topological polar surface area (TPSA) is 43.1 Å². The van der Waals surface area contributed by atoms with Gasteiger partial charge in [-0.05, 0) is 12.8 Å². The lowest BCUT2D eigenvalue weighted by Gasteiger charge is -2.14.